The first-order valence-corrected chi connectivity index (χ1v) is 3.74. The van der Waals surface area contributed by atoms with E-state index in [-0.39, 0.29) is 5.60 Å². The monoisotopic (exact) mass is 146 g/mol. The van der Waals surface area contributed by atoms with Gasteiger partial charge < -0.3 is 4.74 Å². The van der Waals surface area contributed by atoms with Crippen LogP contribution in [0.25, 0.3) is 0 Å². The Balaban J connectivity index is 2.41. The first-order valence-electron chi connectivity index (χ1n) is 3.74. The zero-order valence-corrected chi connectivity index (χ0v) is 6.72. The van der Waals surface area contributed by atoms with Crippen molar-refractivity contribution in [3.8, 4) is 5.75 Å². The molecule has 0 aromatic heterocycles. The van der Waals surface area contributed by atoms with Crippen molar-refractivity contribution in [2.24, 2.45) is 0 Å². The van der Waals surface area contributed by atoms with Gasteiger partial charge in [-0.05, 0) is 19.9 Å². The third kappa shape index (κ3) is 1.11. The molecule has 0 aliphatic carbocycles. The van der Waals surface area contributed by atoms with Crippen molar-refractivity contribution in [1.29, 1.82) is 0 Å². The fraction of sp³-hybridized carbons (Fsp3) is 0.300. The smallest absolute Gasteiger partial charge is 0.124 e. The quantitative estimate of drug-likeness (QED) is 0.545. The van der Waals surface area contributed by atoms with E-state index < -0.39 is 0 Å². The summed E-state index contributed by atoms with van der Waals surface area (Å²) in [4.78, 5) is 0. The lowest BCUT2D eigenvalue weighted by molar-refractivity contribution is 0.170. The van der Waals surface area contributed by atoms with Crippen LogP contribution in [0.2, 0.25) is 0 Å². The first kappa shape index (κ1) is 6.71. The average Bonchev–Trinajstić information content (AvgIpc) is 2.21. The number of hydrogen-bond acceptors (Lipinski definition) is 1. The van der Waals surface area contributed by atoms with Crippen molar-refractivity contribution in [1.82, 2.24) is 0 Å². The van der Waals surface area contributed by atoms with Gasteiger partial charge in [0, 0.05) is 5.56 Å². The molecule has 11 heavy (non-hydrogen) atoms. The molecule has 1 aromatic rings. The van der Waals surface area contributed by atoms with E-state index in [1.165, 1.54) is 0 Å². The van der Waals surface area contributed by atoms with Gasteiger partial charge in [0.2, 0.25) is 0 Å². The molecule has 0 bridgehead atoms. The molecule has 0 atom stereocenters. The molecule has 1 aliphatic rings. The van der Waals surface area contributed by atoms with Crippen LogP contribution in [-0.2, 0) is 0 Å². The maximum absolute atomic E-state index is 5.58. The zero-order valence-electron chi connectivity index (χ0n) is 6.72. The van der Waals surface area contributed by atoms with Crippen molar-refractivity contribution in [2.75, 3.05) is 0 Å². The van der Waals surface area contributed by atoms with Gasteiger partial charge in [0.1, 0.15) is 11.4 Å². The van der Waals surface area contributed by atoms with Crippen LogP contribution in [0.15, 0.2) is 24.3 Å². The maximum atomic E-state index is 5.58. The van der Waals surface area contributed by atoms with E-state index >= 15 is 0 Å². The molecule has 1 aliphatic heterocycles. The molecule has 2 radical (unpaired) electrons. The Morgan fingerprint density at radius 2 is 2.00 bits per heavy atom. The Morgan fingerprint density at radius 1 is 1.27 bits per heavy atom. The number of para-hydroxylation sites is 1. The maximum Gasteiger partial charge on any atom is 0.124 e. The topological polar surface area (TPSA) is 9.23 Å². The van der Waals surface area contributed by atoms with E-state index in [1.807, 2.05) is 38.1 Å². The van der Waals surface area contributed by atoms with Crippen LogP contribution >= 0.6 is 0 Å². The van der Waals surface area contributed by atoms with Crippen molar-refractivity contribution in [2.45, 2.75) is 19.4 Å². The van der Waals surface area contributed by atoms with Crippen LogP contribution in [-0.4, -0.2) is 5.60 Å². The van der Waals surface area contributed by atoms with Gasteiger partial charge in [-0.15, -0.1) is 0 Å². The molecule has 1 nitrogen and oxygen atoms in total. The summed E-state index contributed by atoms with van der Waals surface area (Å²) in [5, 5.41) is 0. The van der Waals surface area contributed by atoms with Crippen LogP contribution in [0.3, 0.4) is 0 Å². The number of hydrogen-bond donors (Lipinski definition) is 0. The third-order valence-corrected chi connectivity index (χ3v) is 1.69. The summed E-state index contributed by atoms with van der Waals surface area (Å²) in [5.74, 6) is 0.942. The van der Waals surface area contributed by atoms with Gasteiger partial charge in [-0.3, -0.25) is 0 Å². The molecule has 0 saturated heterocycles. The Hall–Kier alpha value is -0.980. The van der Waals surface area contributed by atoms with Crippen LogP contribution < -0.4 is 4.74 Å². The molecule has 1 heterocycles. The molecular formula is C10H10O. The molecule has 0 fully saturated rings. The van der Waals surface area contributed by atoms with E-state index in [0.717, 1.165) is 11.3 Å². The predicted octanol–water partition coefficient (Wildman–Crippen LogP) is 2.29. The second-order valence-electron chi connectivity index (χ2n) is 3.23. The lowest BCUT2D eigenvalue weighted by Crippen LogP contribution is -2.23. The molecule has 0 saturated carbocycles. The summed E-state index contributed by atoms with van der Waals surface area (Å²) in [6, 6.07) is 7.96. The van der Waals surface area contributed by atoms with Crippen molar-refractivity contribution in [3.05, 3.63) is 36.2 Å². The van der Waals surface area contributed by atoms with Gasteiger partial charge in [-0.2, -0.15) is 0 Å². The largest absolute Gasteiger partial charge is 0.487 e. The minimum atomic E-state index is -0.246. The zero-order chi connectivity index (χ0) is 7.90. The Kier molecular flexibility index (Phi) is 1.22. The van der Waals surface area contributed by atoms with Crippen LogP contribution in [0.5, 0.6) is 5.75 Å². The predicted molar refractivity (Wildman–Crippen MR) is 43.5 cm³/mol. The third-order valence-electron chi connectivity index (χ3n) is 1.69. The van der Waals surface area contributed by atoms with Crippen molar-refractivity contribution >= 4 is 0 Å². The molecule has 0 amide bonds. The summed E-state index contributed by atoms with van der Waals surface area (Å²) < 4.78 is 5.58. The summed E-state index contributed by atoms with van der Waals surface area (Å²) in [7, 11) is 0. The van der Waals surface area contributed by atoms with Crippen LogP contribution in [0.1, 0.15) is 19.4 Å². The highest BCUT2D eigenvalue weighted by molar-refractivity contribution is 5.45. The van der Waals surface area contributed by atoms with E-state index in [4.69, 9.17) is 4.74 Å². The van der Waals surface area contributed by atoms with Crippen LogP contribution in [0.4, 0.5) is 0 Å². The Bertz CT molecular complexity index is 249. The molecule has 56 valence electrons. The molecule has 0 N–H and O–H groups in total. The van der Waals surface area contributed by atoms with Gasteiger partial charge in [0.25, 0.3) is 0 Å². The number of benzene rings is 1. The number of ether oxygens (including phenoxy) is 1. The Morgan fingerprint density at radius 3 is 2.73 bits per heavy atom. The van der Waals surface area contributed by atoms with Crippen molar-refractivity contribution in [3.63, 3.8) is 0 Å². The fourth-order valence-corrected chi connectivity index (χ4v) is 1.28. The molecule has 2 rings (SSSR count). The standard InChI is InChI=1S/C10H10O/c1-10(2)7-8-5-3-4-6-9(8)11-10/h3-6H,1-2H3. The minimum absolute atomic E-state index is 0.246. The van der Waals surface area contributed by atoms with Gasteiger partial charge in [-0.1, -0.05) is 18.2 Å². The summed E-state index contributed by atoms with van der Waals surface area (Å²) in [6.45, 7) is 4.01. The summed E-state index contributed by atoms with van der Waals surface area (Å²) in [6.07, 6.45) is 3.25. The van der Waals surface area contributed by atoms with E-state index in [0.29, 0.717) is 0 Å². The van der Waals surface area contributed by atoms with Crippen molar-refractivity contribution < 1.29 is 4.74 Å². The van der Waals surface area contributed by atoms with Gasteiger partial charge in [0.15, 0.2) is 0 Å². The molecular weight excluding hydrogens is 136 g/mol. The number of fused-ring (bicyclic) bond motifs is 1. The highest BCUT2D eigenvalue weighted by Crippen LogP contribution is 2.35. The summed E-state index contributed by atoms with van der Waals surface area (Å²) >= 11 is 0. The van der Waals surface area contributed by atoms with Gasteiger partial charge in [-0.25, -0.2) is 0 Å². The van der Waals surface area contributed by atoms with E-state index in [9.17, 15) is 0 Å². The van der Waals surface area contributed by atoms with Crippen LogP contribution in [0, 0.1) is 6.42 Å². The first-order chi connectivity index (χ1) is 5.17. The molecule has 0 spiro atoms. The normalized spacial score (nSPS) is 19.1. The average molecular weight is 146 g/mol. The SMILES string of the molecule is CC1(C)[C]c2ccccc2O1. The van der Waals surface area contributed by atoms with Gasteiger partial charge in [0.05, 0.1) is 6.42 Å². The molecule has 0 unspecified atom stereocenters. The second kappa shape index (κ2) is 2.00. The number of rotatable bonds is 0. The highest BCUT2D eigenvalue weighted by Gasteiger charge is 2.30. The molecule has 1 heteroatoms. The van der Waals surface area contributed by atoms with Gasteiger partial charge >= 0.3 is 0 Å². The Labute approximate surface area is 67.0 Å². The minimum Gasteiger partial charge on any atom is -0.487 e. The lowest BCUT2D eigenvalue weighted by atomic mass is 10.0. The summed E-state index contributed by atoms with van der Waals surface area (Å²) in [5.41, 5.74) is 0.835. The van der Waals surface area contributed by atoms with E-state index in [2.05, 4.69) is 6.42 Å². The lowest BCUT2D eigenvalue weighted by Gasteiger charge is -2.15. The van der Waals surface area contributed by atoms with E-state index in [1.54, 1.807) is 0 Å². The highest BCUT2D eigenvalue weighted by atomic mass is 16.5. The molecule has 1 aromatic carbocycles. The second-order valence-corrected chi connectivity index (χ2v) is 3.23. The fourth-order valence-electron chi connectivity index (χ4n) is 1.28.